The normalized spacial score (nSPS) is 19.4. The molecule has 6 nitrogen and oxygen atoms in total. The number of ether oxygens (including phenoxy) is 1. The molecule has 32 heavy (non-hydrogen) atoms. The van der Waals surface area contributed by atoms with Gasteiger partial charge in [0, 0.05) is 18.0 Å². The molecule has 0 spiro atoms. The van der Waals surface area contributed by atoms with Crippen LogP contribution in [0.5, 0.6) is 0 Å². The van der Waals surface area contributed by atoms with Gasteiger partial charge >= 0.3 is 12.1 Å². The van der Waals surface area contributed by atoms with Crippen molar-refractivity contribution in [2.24, 2.45) is 0 Å². The van der Waals surface area contributed by atoms with Crippen LogP contribution in [0.4, 0.5) is 10.5 Å². The second-order valence-electron chi connectivity index (χ2n) is 8.36. The van der Waals surface area contributed by atoms with E-state index >= 15 is 0 Å². The number of carboxylic acid groups (broad SMARTS) is 1. The minimum Gasteiger partial charge on any atom is -0.512 e. The first-order valence-corrected chi connectivity index (χ1v) is 11.2. The molecule has 1 amide bonds. The third-order valence-electron chi connectivity index (χ3n) is 6.04. The Bertz CT molecular complexity index is 985. The highest BCUT2D eigenvalue weighted by atomic mass is 16.6. The lowest BCUT2D eigenvalue weighted by molar-refractivity contribution is -0.161. The molecule has 1 aliphatic heterocycles. The van der Waals surface area contributed by atoms with Crippen LogP contribution in [-0.2, 0) is 16.0 Å². The fraction of sp³-hybridized carbons (Fsp3) is 0.385. The summed E-state index contributed by atoms with van der Waals surface area (Å²) in [4.78, 5) is 24.2. The molecule has 0 aromatic heterocycles. The Hall–Kier alpha value is -3.28. The Morgan fingerprint density at radius 3 is 2.50 bits per heavy atom. The molecule has 2 aromatic rings. The van der Waals surface area contributed by atoms with Gasteiger partial charge in [-0.1, -0.05) is 62.7 Å². The monoisotopic (exact) mass is 437 g/mol. The van der Waals surface area contributed by atoms with Crippen LogP contribution >= 0.6 is 0 Å². The SMILES string of the molecule is CCCC1(CCc2ccccc2)CC(O)=C(C(CC)c2cccc(NC(=O)O)c2)C(=O)O1. The lowest BCUT2D eigenvalue weighted by Crippen LogP contribution is -2.41. The van der Waals surface area contributed by atoms with E-state index < -0.39 is 17.7 Å². The Balaban J connectivity index is 1.87. The Labute approximate surface area is 188 Å². The summed E-state index contributed by atoms with van der Waals surface area (Å²) in [7, 11) is 0. The van der Waals surface area contributed by atoms with Gasteiger partial charge in [-0.25, -0.2) is 9.59 Å². The molecule has 170 valence electrons. The number of cyclic esters (lactones) is 1. The van der Waals surface area contributed by atoms with Crippen LogP contribution in [0, 0.1) is 0 Å². The number of amides is 1. The maximum atomic E-state index is 13.2. The number of esters is 1. The number of aliphatic hydroxyl groups excluding tert-OH is 1. The largest absolute Gasteiger partial charge is 0.512 e. The van der Waals surface area contributed by atoms with Crippen LogP contribution < -0.4 is 5.32 Å². The van der Waals surface area contributed by atoms with Crippen LogP contribution in [-0.4, -0.2) is 27.9 Å². The predicted molar refractivity (Wildman–Crippen MR) is 124 cm³/mol. The van der Waals surface area contributed by atoms with Crippen molar-refractivity contribution in [1.29, 1.82) is 0 Å². The first kappa shape index (κ1) is 23.4. The zero-order valence-electron chi connectivity index (χ0n) is 18.6. The number of nitrogens with one attached hydrogen (secondary N) is 1. The van der Waals surface area contributed by atoms with Gasteiger partial charge in [-0.05, 0) is 48.9 Å². The van der Waals surface area contributed by atoms with Crippen LogP contribution in [0.1, 0.15) is 63.0 Å². The van der Waals surface area contributed by atoms with E-state index in [4.69, 9.17) is 9.84 Å². The molecule has 2 unspecified atom stereocenters. The van der Waals surface area contributed by atoms with Crippen molar-refractivity contribution in [3.8, 4) is 0 Å². The minimum atomic E-state index is -1.16. The summed E-state index contributed by atoms with van der Waals surface area (Å²) in [5.41, 5.74) is 1.89. The summed E-state index contributed by atoms with van der Waals surface area (Å²) >= 11 is 0. The summed E-state index contributed by atoms with van der Waals surface area (Å²) < 4.78 is 6.05. The van der Waals surface area contributed by atoms with E-state index in [2.05, 4.69) is 17.4 Å². The summed E-state index contributed by atoms with van der Waals surface area (Å²) in [5, 5.41) is 22.4. The zero-order chi connectivity index (χ0) is 23.1. The van der Waals surface area contributed by atoms with Gasteiger partial charge < -0.3 is 14.9 Å². The second-order valence-corrected chi connectivity index (χ2v) is 8.36. The van der Waals surface area contributed by atoms with Crippen molar-refractivity contribution in [1.82, 2.24) is 0 Å². The number of hydrogen-bond donors (Lipinski definition) is 3. The van der Waals surface area contributed by atoms with Crippen molar-refractivity contribution < 1.29 is 24.5 Å². The van der Waals surface area contributed by atoms with Gasteiger partial charge in [-0.15, -0.1) is 0 Å². The number of anilines is 1. The predicted octanol–water partition coefficient (Wildman–Crippen LogP) is 6.20. The van der Waals surface area contributed by atoms with Crippen molar-refractivity contribution in [2.45, 2.75) is 63.9 Å². The molecule has 0 fully saturated rings. The number of aliphatic hydroxyl groups is 1. The van der Waals surface area contributed by atoms with Crippen LogP contribution in [0.25, 0.3) is 0 Å². The number of carbonyl (C=O) groups is 2. The van der Waals surface area contributed by atoms with E-state index in [9.17, 15) is 14.7 Å². The number of aryl methyl sites for hydroxylation is 1. The highest BCUT2D eigenvalue weighted by Gasteiger charge is 2.43. The fourth-order valence-corrected chi connectivity index (χ4v) is 4.59. The number of rotatable bonds is 9. The Kier molecular flexibility index (Phi) is 7.57. The average Bonchev–Trinajstić information content (AvgIpc) is 2.75. The molecule has 2 atom stereocenters. The van der Waals surface area contributed by atoms with E-state index in [0.717, 1.165) is 18.4 Å². The molecule has 1 heterocycles. The molecule has 0 saturated carbocycles. The smallest absolute Gasteiger partial charge is 0.409 e. The molecule has 0 aliphatic carbocycles. The van der Waals surface area contributed by atoms with Gasteiger partial charge in [-0.3, -0.25) is 5.32 Å². The van der Waals surface area contributed by atoms with E-state index in [0.29, 0.717) is 24.9 Å². The first-order valence-electron chi connectivity index (χ1n) is 11.2. The number of carbonyl (C=O) groups excluding carboxylic acids is 1. The Morgan fingerprint density at radius 1 is 1.12 bits per heavy atom. The van der Waals surface area contributed by atoms with Gasteiger partial charge in [0.1, 0.15) is 11.4 Å². The Morgan fingerprint density at radius 2 is 1.88 bits per heavy atom. The average molecular weight is 438 g/mol. The molecular weight excluding hydrogens is 406 g/mol. The number of benzene rings is 2. The number of hydrogen-bond acceptors (Lipinski definition) is 4. The second kappa shape index (κ2) is 10.4. The van der Waals surface area contributed by atoms with E-state index in [-0.39, 0.29) is 23.7 Å². The first-order chi connectivity index (χ1) is 15.4. The van der Waals surface area contributed by atoms with Crippen molar-refractivity contribution in [3.63, 3.8) is 0 Å². The van der Waals surface area contributed by atoms with Gasteiger partial charge in [-0.2, -0.15) is 0 Å². The maximum Gasteiger partial charge on any atom is 0.409 e. The molecule has 3 rings (SSSR count). The molecule has 0 bridgehead atoms. The minimum absolute atomic E-state index is 0.0752. The maximum absolute atomic E-state index is 13.2. The molecule has 2 aromatic carbocycles. The molecule has 0 saturated heterocycles. The van der Waals surface area contributed by atoms with Crippen LogP contribution in [0.15, 0.2) is 65.9 Å². The van der Waals surface area contributed by atoms with Gasteiger partial charge in [0.25, 0.3) is 0 Å². The summed E-state index contributed by atoms with van der Waals surface area (Å²) in [6.45, 7) is 3.98. The zero-order valence-corrected chi connectivity index (χ0v) is 18.6. The highest BCUT2D eigenvalue weighted by Crippen LogP contribution is 2.42. The van der Waals surface area contributed by atoms with E-state index in [1.807, 2.05) is 38.1 Å². The van der Waals surface area contributed by atoms with Gasteiger partial charge in [0.2, 0.25) is 0 Å². The lowest BCUT2D eigenvalue weighted by atomic mass is 9.80. The van der Waals surface area contributed by atoms with Crippen molar-refractivity contribution >= 4 is 17.7 Å². The standard InChI is InChI=1S/C26H31NO5/c1-3-14-26(15-13-18-9-6-5-7-10-18)17-22(28)23(24(29)32-26)21(4-2)19-11-8-12-20(16-19)27-25(30)31/h5-12,16,21,27-28H,3-4,13-15,17H2,1-2H3,(H,30,31). The van der Waals surface area contributed by atoms with E-state index in [1.165, 1.54) is 5.56 Å². The van der Waals surface area contributed by atoms with Gasteiger partial charge in [0.15, 0.2) is 0 Å². The molecule has 1 aliphatic rings. The summed E-state index contributed by atoms with van der Waals surface area (Å²) in [6, 6.07) is 17.0. The third kappa shape index (κ3) is 5.49. The van der Waals surface area contributed by atoms with E-state index in [1.54, 1.807) is 18.2 Å². The quantitative estimate of drug-likeness (QED) is 0.406. The topological polar surface area (TPSA) is 95.9 Å². The fourth-order valence-electron chi connectivity index (χ4n) is 4.59. The third-order valence-corrected chi connectivity index (χ3v) is 6.04. The molecule has 0 radical (unpaired) electrons. The highest BCUT2D eigenvalue weighted by molar-refractivity contribution is 5.92. The molecule has 6 heteroatoms. The lowest BCUT2D eigenvalue weighted by Gasteiger charge is -2.38. The van der Waals surface area contributed by atoms with Crippen LogP contribution in [0.3, 0.4) is 0 Å². The van der Waals surface area contributed by atoms with Gasteiger partial charge in [0.05, 0.1) is 5.57 Å². The summed E-state index contributed by atoms with van der Waals surface area (Å²) in [5.74, 6) is -0.795. The summed E-state index contributed by atoms with van der Waals surface area (Å²) in [6.07, 6.45) is 2.62. The van der Waals surface area contributed by atoms with Crippen molar-refractivity contribution in [2.75, 3.05) is 5.32 Å². The van der Waals surface area contributed by atoms with Crippen molar-refractivity contribution in [3.05, 3.63) is 77.1 Å². The van der Waals surface area contributed by atoms with Crippen LogP contribution in [0.2, 0.25) is 0 Å². The molecule has 3 N–H and O–H groups in total. The molecular formula is C26H31NO5.